The minimum Gasteiger partial charge on any atom is -0.341 e. The minimum absolute atomic E-state index is 0. The van der Waals surface area contributed by atoms with Crippen molar-refractivity contribution in [3.63, 3.8) is 0 Å². The van der Waals surface area contributed by atoms with Crippen LogP contribution in [-0.2, 0) is 10.2 Å². The lowest BCUT2D eigenvalue weighted by atomic mass is 9.77. The number of benzene rings is 1. The maximum Gasteiger partial charge on any atom is 0.233 e. The molecule has 0 aromatic heterocycles. The molecule has 0 bridgehead atoms. The van der Waals surface area contributed by atoms with Crippen LogP contribution in [0.3, 0.4) is 0 Å². The molecule has 0 spiro atoms. The number of carbonyl (C=O) groups excluding carboxylic acids is 1. The molecule has 3 atom stereocenters. The predicted molar refractivity (Wildman–Crippen MR) is 94.6 cm³/mol. The van der Waals surface area contributed by atoms with E-state index in [0.717, 1.165) is 57.2 Å². The Kier molecular flexibility index (Phi) is 4.89. The highest BCUT2D eigenvalue weighted by Crippen LogP contribution is 2.45. The summed E-state index contributed by atoms with van der Waals surface area (Å²) in [6.07, 6.45) is 6.00. The Morgan fingerprint density at radius 1 is 1.21 bits per heavy atom. The number of likely N-dealkylation sites (tertiary alicyclic amines) is 1. The van der Waals surface area contributed by atoms with Crippen LogP contribution in [-0.4, -0.2) is 29.9 Å². The number of carbonyl (C=O) groups is 1. The normalized spacial score (nSPS) is 30.9. The van der Waals surface area contributed by atoms with E-state index >= 15 is 0 Å². The van der Waals surface area contributed by atoms with Crippen LogP contribution in [0.1, 0.15) is 44.1 Å². The first-order chi connectivity index (χ1) is 11.1. The van der Waals surface area contributed by atoms with Crippen molar-refractivity contribution < 1.29 is 9.18 Å². The number of hydrogen-bond donors (Lipinski definition) is 1. The summed E-state index contributed by atoms with van der Waals surface area (Å²) in [4.78, 5) is 15.4. The van der Waals surface area contributed by atoms with Crippen molar-refractivity contribution >= 4 is 18.3 Å². The number of nitrogens with zero attached hydrogens (tertiary/aromatic N) is 1. The highest BCUT2D eigenvalue weighted by molar-refractivity contribution is 5.89. The zero-order valence-electron chi connectivity index (χ0n) is 13.9. The van der Waals surface area contributed by atoms with E-state index in [9.17, 15) is 9.18 Å². The van der Waals surface area contributed by atoms with E-state index in [1.165, 1.54) is 6.07 Å². The third-order valence-electron chi connectivity index (χ3n) is 6.44. The molecular formula is C19H26ClFN2O. The number of rotatable bonds is 2. The summed E-state index contributed by atoms with van der Waals surface area (Å²) in [5, 5.41) is 0. The summed E-state index contributed by atoms with van der Waals surface area (Å²) in [7, 11) is 0. The summed E-state index contributed by atoms with van der Waals surface area (Å²) < 4.78 is 13.7. The van der Waals surface area contributed by atoms with Crippen LogP contribution in [0.25, 0.3) is 0 Å². The van der Waals surface area contributed by atoms with Gasteiger partial charge in [0.05, 0.1) is 5.41 Å². The fraction of sp³-hybridized carbons (Fsp3) is 0.632. The Hall–Kier alpha value is -1.13. The SMILES string of the molecule is Cl.NC1CCC2CN(C(=O)C3(c4cccc(F)c4)CCCC3)CC12. The van der Waals surface area contributed by atoms with Gasteiger partial charge in [-0.2, -0.15) is 0 Å². The van der Waals surface area contributed by atoms with Gasteiger partial charge in [0.1, 0.15) is 5.82 Å². The van der Waals surface area contributed by atoms with Crippen LogP contribution >= 0.6 is 12.4 Å². The van der Waals surface area contributed by atoms with E-state index < -0.39 is 5.41 Å². The second kappa shape index (κ2) is 6.64. The van der Waals surface area contributed by atoms with E-state index in [-0.39, 0.29) is 30.2 Å². The van der Waals surface area contributed by atoms with E-state index in [1.54, 1.807) is 12.1 Å². The Balaban J connectivity index is 0.00000169. The highest BCUT2D eigenvalue weighted by atomic mass is 35.5. The van der Waals surface area contributed by atoms with Crippen LogP contribution < -0.4 is 5.73 Å². The van der Waals surface area contributed by atoms with Crippen molar-refractivity contribution in [3.05, 3.63) is 35.6 Å². The van der Waals surface area contributed by atoms with E-state index in [4.69, 9.17) is 5.73 Å². The molecule has 24 heavy (non-hydrogen) atoms. The maximum atomic E-state index is 13.7. The lowest BCUT2D eigenvalue weighted by molar-refractivity contribution is -0.136. The van der Waals surface area contributed by atoms with Gasteiger partial charge in [-0.3, -0.25) is 4.79 Å². The van der Waals surface area contributed by atoms with E-state index in [2.05, 4.69) is 0 Å². The van der Waals surface area contributed by atoms with Gasteiger partial charge >= 0.3 is 0 Å². The van der Waals surface area contributed by atoms with Crippen molar-refractivity contribution in [1.29, 1.82) is 0 Å². The summed E-state index contributed by atoms with van der Waals surface area (Å²) in [6.45, 7) is 1.63. The first-order valence-corrected chi connectivity index (χ1v) is 8.91. The molecule has 3 aliphatic rings. The van der Waals surface area contributed by atoms with Gasteiger partial charge in [0, 0.05) is 19.1 Å². The van der Waals surface area contributed by atoms with E-state index in [0.29, 0.717) is 11.8 Å². The van der Waals surface area contributed by atoms with Gasteiger partial charge in [-0.1, -0.05) is 25.0 Å². The quantitative estimate of drug-likeness (QED) is 0.888. The smallest absolute Gasteiger partial charge is 0.233 e. The number of halogens is 2. The molecule has 2 aliphatic carbocycles. The summed E-state index contributed by atoms with van der Waals surface area (Å²) in [6, 6.07) is 6.91. The molecule has 1 aromatic carbocycles. The molecule has 1 aliphatic heterocycles. The van der Waals surface area contributed by atoms with Gasteiger partial charge in [-0.15, -0.1) is 12.4 Å². The van der Waals surface area contributed by atoms with Crippen LogP contribution in [0.5, 0.6) is 0 Å². The molecule has 2 saturated carbocycles. The van der Waals surface area contributed by atoms with Gasteiger partial charge in [-0.05, 0) is 55.2 Å². The second-order valence-electron chi connectivity index (χ2n) is 7.67. The van der Waals surface area contributed by atoms with Crippen LogP contribution in [0.15, 0.2) is 24.3 Å². The van der Waals surface area contributed by atoms with Crippen LogP contribution in [0, 0.1) is 17.7 Å². The molecule has 5 heteroatoms. The second-order valence-corrected chi connectivity index (χ2v) is 7.67. The lowest BCUT2D eigenvalue weighted by Gasteiger charge is -2.33. The molecular weight excluding hydrogens is 327 g/mol. The van der Waals surface area contributed by atoms with Gasteiger partial charge in [-0.25, -0.2) is 4.39 Å². The van der Waals surface area contributed by atoms with Crippen LogP contribution in [0.4, 0.5) is 4.39 Å². The average molecular weight is 353 g/mol. The molecule has 0 radical (unpaired) electrons. The Labute approximate surface area is 149 Å². The summed E-state index contributed by atoms with van der Waals surface area (Å²) >= 11 is 0. The standard InChI is InChI=1S/C19H25FN2O.ClH/c20-15-5-3-4-14(10-15)19(8-1-2-9-19)18(23)22-11-13-6-7-17(21)16(13)12-22;/h3-5,10,13,16-17H,1-2,6-9,11-12,21H2;1H. The molecule has 1 heterocycles. The van der Waals surface area contributed by atoms with Crippen molar-refractivity contribution in [2.24, 2.45) is 17.6 Å². The fourth-order valence-corrected chi connectivity index (χ4v) is 5.17. The number of hydrogen-bond acceptors (Lipinski definition) is 2. The zero-order chi connectivity index (χ0) is 16.0. The zero-order valence-corrected chi connectivity index (χ0v) is 14.7. The highest BCUT2D eigenvalue weighted by Gasteiger charge is 2.49. The Morgan fingerprint density at radius 3 is 2.62 bits per heavy atom. The number of fused-ring (bicyclic) bond motifs is 1. The first-order valence-electron chi connectivity index (χ1n) is 8.91. The van der Waals surface area contributed by atoms with Gasteiger partial charge < -0.3 is 10.6 Å². The van der Waals surface area contributed by atoms with Gasteiger partial charge in [0.25, 0.3) is 0 Å². The van der Waals surface area contributed by atoms with Crippen molar-refractivity contribution in [1.82, 2.24) is 4.90 Å². The van der Waals surface area contributed by atoms with Crippen molar-refractivity contribution in [3.8, 4) is 0 Å². The fourth-order valence-electron chi connectivity index (χ4n) is 5.17. The Morgan fingerprint density at radius 2 is 1.96 bits per heavy atom. The molecule has 2 N–H and O–H groups in total. The Bertz CT molecular complexity index is 617. The molecule has 3 nitrogen and oxygen atoms in total. The van der Waals surface area contributed by atoms with Gasteiger partial charge in [0.15, 0.2) is 0 Å². The minimum atomic E-state index is -0.509. The molecule has 132 valence electrons. The monoisotopic (exact) mass is 352 g/mol. The molecule has 1 aromatic rings. The summed E-state index contributed by atoms with van der Waals surface area (Å²) in [5.74, 6) is 0.994. The number of amides is 1. The first kappa shape index (κ1) is 17.7. The summed E-state index contributed by atoms with van der Waals surface area (Å²) in [5.41, 5.74) is 6.57. The van der Waals surface area contributed by atoms with Gasteiger partial charge in [0.2, 0.25) is 5.91 Å². The number of nitrogens with two attached hydrogens (primary N) is 1. The third-order valence-corrected chi connectivity index (χ3v) is 6.44. The third kappa shape index (κ3) is 2.74. The maximum absolute atomic E-state index is 13.7. The van der Waals surface area contributed by atoms with Crippen molar-refractivity contribution in [2.45, 2.75) is 50.0 Å². The van der Waals surface area contributed by atoms with Crippen LogP contribution in [0.2, 0.25) is 0 Å². The van der Waals surface area contributed by atoms with Crippen molar-refractivity contribution in [2.75, 3.05) is 13.1 Å². The average Bonchev–Trinajstić information content (AvgIpc) is 3.25. The molecule has 1 saturated heterocycles. The lowest BCUT2D eigenvalue weighted by Crippen LogP contribution is -2.45. The molecule has 1 amide bonds. The molecule has 3 unspecified atom stereocenters. The predicted octanol–water partition coefficient (Wildman–Crippen LogP) is 3.26. The largest absolute Gasteiger partial charge is 0.341 e. The van der Waals surface area contributed by atoms with E-state index in [1.807, 2.05) is 11.0 Å². The molecule has 4 rings (SSSR count). The molecule has 3 fully saturated rings. The topological polar surface area (TPSA) is 46.3 Å².